The van der Waals surface area contributed by atoms with Crippen LogP contribution in [0.25, 0.3) is 33.3 Å². The summed E-state index contributed by atoms with van der Waals surface area (Å²) in [5.41, 5.74) is 12.5. The Bertz CT molecular complexity index is 1580. The Kier molecular flexibility index (Phi) is 8.67. The molecular weight excluding hydrogens is 663 g/mol. The molecule has 0 aliphatic carbocycles. The number of benzene rings is 3. The molecule has 4 aromatic rings. The first-order valence-electron chi connectivity index (χ1n) is 12.8. The van der Waals surface area contributed by atoms with Crippen molar-refractivity contribution in [3.8, 4) is 22.4 Å². The molecule has 38 heavy (non-hydrogen) atoms. The minimum absolute atomic E-state index is 0. The van der Waals surface area contributed by atoms with Crippen molar-refractivity contribution in [2.45, 2.75) is 61.6 Å². The molecule has 2 heterocycles. The number of aromatic nitrogens is 1. The molecular formula is C33H36IrNO2Si-. The van der Waals surface area contributed by atoms with E-state index in [0.717, 1.165) is 11.3 Å². The molecule has 0 fully saturated rings. The number of aliphatic hydroxyl groups is 1. The van der Waals surface area contributed by atoms with E-state index in [-0.39, 0.29) is 31.6 Å². The fraction of sp³-hybridized carbons (Fsp3) is 0.273. The average Bonchev–Trinajstić information content (AvgIpc) is 3.03. The number of allylic oxidation sites excluding steroid dienone is 2. The van der Waals surface area contributed by atoms with Crippen LogP contribution in [0, 0.1) is 40.7 Å². The molecule has 1 N–H and O–H groups in total. The Hall–Kier alpha value is -2.85. The van der Waals surface area contributed by atoms with Gasteiger partial charge < -0.3 is 5.11 Å². The fourth-order valence-electron chi connectivity index (χ4n) is 5.71. The first-order valence-corrected chi connectivity index (χ1v) is 15.8. The molecule has 3 aromatic carbocycles. The summed E-state index contributed by atoms with van der Waals surface area (Å²) in [6, 6.07) is 19.4. The van der Waals surface area contributed by atoms with Crippen LogP contribution < -0.4 is 10.4 Å². The van der Waals surface area contributed by atoms with E-state index in [1.54, 1.807) is 5.19 Å². The maximum absolute atomic E-state index is 10.0. The van der Waals surface area contributed by atoms with Gasteiger partial charge in [-0.05, 0) is 78.5 Å². The summed E-state index contributed by atoms with van der Waals surface area (Å²) in [5, 5.41) is 12.8. The number of nitrogens with zero attached hydrogens (tertiary/aromatic N) is 1. The van der Waals surface area contributed by atoms with Crippen LogP contribution in [-0.2, 0) is 24.9 Å². The largest absolute Gasteiger partial charge is 0.512 e. The first-order chi connectivity index (χ1) is 17.3. The van der Waals surface area contributed by atoms with Gasteiger partial charge in [-0.2, -0.15) is 0 Å². The van der Waals surface area contributed by atoms with Crippen LogP contribution in [0.15, 0.2) is 54.3 Å². The third-order valence-electron chi connectivity index (χ3n) is 7.28. The van der Waals surface area contributed by atoms with Gasteiger partial charge in [0.1, 0.15) is 8.07 Å². The zero-order valence-corrected chi connectivity index (χ0v) is 27.1. The Morgan fingerprint density at radius 2 is 1.63 bits per heavy atom. The van der Waals surface area contributed by atoms with Gasteiger partial charge in [-0.3, -0.25) is 9.78 Å². The monoisotopic (exact) mass is 699 g/mol. The minimum Gasteiger partial charge on any atom is -0.512 e. The standard InChI is InChI=1S/C28H28NSi.C5H8O2.Ir/c1-16-12-17(2)14-21(13-16)27-25-22-10-8-9-11-23(22)30(6,7)28(25)24-19(4)15-18(3)20(5)26(24)29-27;1-4(6)3-5(2)7;/h8-13,15H,1-7H3;3,6H,1-2H3;/q-1;;/b;4-3-;. The van der Waals surface area contributed by atoms with Gasteiger partial charge in [-0.15, -0.1) is 34.9 Å². The van der Waals surface area contributed by atoms with Crippen molar-refractivity contribution >= 4 is 35.1 Å². The zero-order chi connectivity index (χ0) is 27.2. The summed E-state index contributed by atoms with van der Waals surface area (Å²) in [6.07, 6.45) is 1.17. The van der Waals surface area contributed by atoms with E-state index in [1.165, 1.54) is 75.0 Å². The molecule has 0 bridgehead atoms. The Balaban J connectivity index is 0.000000444. The average molecular weight is 699 g/mol. The summed E-state index contributed by atoms with van der Waals surface area (Å²) >= 11 is 0. The maximum atomic E-state index is 10.0. The van der Waals surface area contributed by atoms with Crippen LogP contribution in [-0.4, -0.2) is 23.9 Å². The smallest absolute Gasteiger partial charge is 0.155 e. The second kappa shape index (κ2) is 11.1. The summed E-state index contributed by atoms with van der Waals surface area (Å²) in [7, 11) is -1.86. The molecule has 1 radical (unpaired) electrons. The summed E-state index contributed by atoms with van der Waals surface area (Å²) in [4.78, 5) is 15.4. The van der Waals surface area contributed by atoms with Gasteiger partial charge in [-0.25, -0.2) is 0 Å². The molecule has 0 amide bonds. The zero-order valence-electron chi connectivity index (χ0n) is 23.8. The summed E-state index contributed by atoms with van der Waals surface area (Å²) in [5.74, 6) is -0.0625. The van der Waals surface area contributed by atoms with Gasteiger partial charge in [0, 0.05) is 31.6 Å². The van der Waals surface area contributed by atoms with Crippen LogP contribution in [0.5, 0.6) is 0 Å². The fourth-order valence-corrected chi connectivity index (χ4v) is 9.20. The third kappa shape index (κ3) is 5.33. The van der Waals surface area contributed by atoms with Gasteiger partial charge in [-0.1, -0.05) is 57.3 Å². The van der Waals surface area contributed by atoms with Crippen molar-refractivity contribution < 1.29 is 30.0 Å². The predicted octanol–water partition coefficient (Wildman–Crippen LogP) is 7.08. The van der Waals surface area contributed by atoms with Crippen LogP contribution in [0.3, 0.4) is 0 Å². The van der Waals surface area contributed by atoms with E-state index in [2.05, 4.69) is 96.2 Å². The number of carbonyl (C=O) groups is 1. The van der Waals surface area contributed by atoms with Crippen LogP contribution in [0.1, 0.15) is 41.7 Å². The third-order valence-corrected chi connectivity index (χ3v) is 10.8. The molecule has 3 nitrogen and oxygen atoms in total. The summed E-state index contributed by atoms with van der Waals surface area (Å²) in [6.45, 7) is 18.8. The van der Waals surface area contributed by atoms with E-state index in [9.17, 15) is 4.79 Å². The van der Waals surface area contributed by atoms with Crippen molar-refractivity contribution in [2.75, 3.05) is 0 Å². The summed E-state index contributed by atoms with van der Waals surface area (Å²) < 4.78 is 0. The van der Waals surface area contributed by atoms with Gasteiger partial charge in [0.25, 0.3) is 0 Å². The number of hydrogen-bond acceptors (Lipinski definition) is 3. The van der Waals surface area contributed by atoms with E-state index in [0.29, 0.717) is 0 Å². The second-order valence-corrected chi connectivity index (χ2v) is 15.2. The van der Waals surface area contributed by atoms with Crippen molar-refractivity contribution in [2.24, 2.45) is 0 Å². The number of fused-ring (bicyclic) bond motifs is 5. The molecule has 199 valence electrons. The van der Waals surface area contributed by atoms with E-state index in [1.807, 2.05) is 0 Å². The van der Waals surface area contributed by atoms with Gasteiger partial charge in [0.2, 0.25) is 0 Å². The van der Waals surface area contributed by atoms with E-state index < -0.39 is 8.07 Å². The van der Waals surface area contributed by atoms with Crippen molar-refractivity contribution in [1.82, 2.24) is 4.98 Å². The van der Waals surface area contributed by atoms with E-state index in [4.69, 9.17) is 10.1 Å². The number of aryl methyl sites for hydroxylation is 5. The molecule has 0 spiro atoms. The maximum Gasteiger partial charge on any atom is 0.155 e. The number of ketones is 1. The molecule has 0 saturated heterocycles. The molecule has 0 saturated carbocycles. The number of aliphatic hydroxyl groups excluding tert-OH is 1. The molecule has 5 rings (SSSR count). The van der Waals surface area contributed by atoms with Gasteiger partial charge in [0.05, 0.1) is 11.3 Å². The molecule has 1 aromatic heterocycles. The number of hydrogen-bond donors (Lipinski definition) is 1. The molecule has 1 aliphatic rings. The molecule has 1 aliphatic heterocycles. The number of pyridine rings is 1. The SMILES string of the molecule is CC(=O)/C=C(/C)O.Cc1[c-]c(-c2nc3c(C)c(C)cc(C)c3c3c2-c2ccccc2[Si]3(C)C)cc(C)c1.[Ir]. The molecule has 0 unspecified atom stereocenters. The van der Waals surface area contributed by atoms with E-state index >= 15 is 0 Å². The Morgan fingerprint density at radius 1 is 0.974 bits per heavy atom. The number of rotatable bonds is 2. The quantitative estimate of drug-likeness (QED) is 0.105. The van der Waals surface area contributed by atoms with Crippen molar-refractivity contribution in [1.29, 1.82) is 0 Å². The molecule has 0 atom stereocenters. The second-order valence-electron chi connectivity index (χ2n) is 10.9. The normalized spacial score (nSPS) is 13.2. The van der Waals surface area contributed by atoms with Crippen LogP contribution in [0.2, 0.25) is 13.1 Å². The molecule has 5 heteroatoms. The number of carbonyl (C=O) groups excluding carboxylic acids is 1. The van der Waals surface area contributed by atoms with Crippen molar-refractivity contribution in [3.63, 3.8) is 0 Å². The Labute approximate surface area is 241 Å². The van der Waals surface area contributed by atoms with Crippen molar-refractivity contribution in [3.05, 3.63) is 88.2 Å². The Morgan fingerprint density at radius 3 is 2.21 bits per heavy atom. The van der Waals surface area contributed by atoms with Gasteiger partial charge in [0.15, 0.2) is 5.78 Å². The van der Waals surface area contributed by atoms with Gasteiger partial charge >= 0.3 is 0 Å². The van der Waals surface area contributed by atoms with Crippen LogP contribution in [0.4, 0.5) is 0 Å². The first kappa shape index (κ1) is 29.7. The topological polar surface area (TPSA) is 50.2 Å². The minimum atomic E-state index is -1.86. The van der Waals surface area contributed by atoms with Crippen LogP contribution >= 0.6 is 0 Å². The predicted molar refractivity (Wildman–Crippen MR) is 159 cm³/mol.